The van der Waals surface area contributed by atoms with Gasteiger partial charge < -0.3 is 4.90 Å². The second-order valence-electron chi connectivity index (χ2n) is 5.48. The molecule has 1 aliphatic heterocycles. The quantitative estimate of drug-likeness (QED) is 0.839. The zero-order chi connectivity index (χ0) is 14.9. The van der Waals surface area contributed by atoms with Crippen molar-refractivity contribution in [2.24, 2.45) is 0 Å². The van der Waals surface area contributed by atoms with Crippen LogP contribution in [0.1, 0.15) is 41.6 Å². The number of likely N-dealkylation sites (tertiary alicyclic amines) is 1. The third kappa shape index (κ3) is 2.37. The summed E-state index contributed by atoms with van der Waals surface area (Å²) in [6.45, 7) is 4.65. The predicted molar refractivity (Wildman–Crippen MR) is 76.4 cm³/mol. The topological polar surface area (TPSA) is 71.9 Å². The van der Waals surface area contributed by atoms with Crippen LogP contribution in [0.2, 0.25) is 0 Å². The molecule has 1 saturated heterocycles. The molecule has 0 aromatic carbocycles. The first-order chi connectivity index (χ1) is 10.1. The van der Waals surface area contributed by atoms with Crippen LogP contribution in [-0.4, -0.2) is 37.3 Å². The molecule has 1 unspecified atom stereocenters. The van der Waals surface area contributed by atoms with Gasteiger partial charge in [-0.25, -0.2) is 19.9 Å². The molecule has 3 rings (SSSR count). The van der Waals surface area contributed by atoms with E-state index >= 15 is 0 Å². The molecule has 2 aromatic rings. The van der Waals surface area contributed by atoms with Gasteiger partial charge in [-0.1, -0.05) is 0 Å². The monoisotopic (exact) mass is 283 g/mol. The summed E-state index contributed by atoms with van der Waals surface area (Å²) in [6.07, 6.45) is 8.05. The van der Waals surface area contributed by atoms with Crippen molar-refractivity contribution in [3.63, 3.8) is 0 Å². The number of hydrogen-bond donors (Lipinski definition) is 0. The van der Waals surface area contributed by atoms with Gasteiger partial charge >= 0.3 is 0 Å². The predicted octanol–water partition coefficient (Wildman–Crippen LogP) is 1.73. The van der Waals surface area contributed by atoms with Gasteiger partial charge in [-0.2, -0.15) is 0 Å². The van der Waals surface area contributed by atoms with E-state index < -0.39 is 5.54 Å². The summed E-state index contributed by atoms with van der Waals surface area (Å²) in [7, 11) is 0. The molecule has 2 aromatic heterocycles. The normalized spacial score (nSPS) is 21.5. The SMILES string of the molecule is Cc1ccnc(C2(C)CCCN2C(=O)c2cncnc2)n1. The van der Waals surface area contributed by atoms with Crippen molar-refractivity contribution in [2.75, 3.05) is 6.54 Å². The molecule has 0 bridgehead atoms. The van der Waals surface area contributed by atoms with Crippen LogP contribution in [0.15, 0.2) is 31.0 Å². The fraction of sp³-hybridized carbons (Fsp3) is 0.400. The zero-order valence-electron chi connectivity index (χ0n) is 12.2. The van der Waals surface area contributed by atoms with E-state index in [2.05, 4.69) is 19.9 Å². The summed E-state index contributed by atoms with van der Waals surface area (Å²) in [5.74, 6) is 0.630. The second kappa shape index (κ2) is 5.20. The highest BCUT2D eigenvalue weighted by atomic mass is 16.2. The highest BCUT2D eigenvalue weighted by Crippen LogP contribution is 2.37. The van der Waals surface area contributed by atoms with E-state index in [4.69, 9.17) is 0 Å². The minimum Gasteiger partial charge on any atom is -0.326 e. The fourth-order valence-electron chi connectivity index (χ4n) is 2.80. The summed E-state index contributed by atoms with van der Waals surface area (Å²) < 4.78 is 0. The van der Waals surface area contributed by atoms with Crippen LogP contribution in [0.3, 0.4) is 0 Å². The average molecular weight is 283 g/mol. The summed E-state index contributed by atoms with van der Waals surface area (Å²) in [6, 6.07) is 1.86. The Morgan fingerprint density at radius 3 is 2.81 bits per heavy atom. The van der Waals surface area contributed by atoms with Crippen molar-refractivity contribution in [2.45, 2.75) is 32.2 Å². The highest BCUT2D eigenvalue weighted by molar-refractivity contribution is 5.94. The molecule has 1 fully saturated rings. The third-order valence-corrected chi connectivity index (χ3v) is 3.97. The average Bonchev–Trinajstić information content (AvgIpc) is 2.91. The van der Waals surface area contributed by atoms with Crippen LogP contribution in [0.25, 0.3) is 0 Å². The van der Waals surface area contributed by atoms with Gasteiger partial charge in [0.05, 0.1) is 5.56 Å². The lowest BCUT2D eigenvalue weighted by Crippen LogP contribution is -2.44. The summed E-state index contributed by atoms with van der Waals surface area (Å²) in [4.78, 5) is 31.3. The lowest BCUT2D eigenvalue weighted by atomic mass is 9.97. The van der Waals surface area contributed by atoms with Gasteiger partial charge in [0.25, 0.3) is 5.91 Å². The standard InChI is InChI=1S/C15H17N5O/c1-11-4-6-18-14(19-11)15(2)5-3-7-20(15)13(21)12-8-16-10-17-9-12/h4,6,8-10H,3,5,7H2,1-2H3. The molecule has 21 heavy (non-hydrogen) atoms. The molecule has 0 N–H and O–H groups in total. The van der Waals surface area contributed by atoms with Crippen molar-refractivity contribution < 1.29 is 4.79 Å². The van der Waals surface area contributed by atoms with Crippen LogP contribution in [0.4, 0.5) is 0 Å². The molecule has 6 heteroatoms. The fourth-order valence-corrected chi connectivity index (χ4v) is 2.80. The van der Waals surface area contributed by atoms with E-state index in [1.807, 2.05) is 24.8 Å². The minimum atomic E-state index is -0.473. The number of rotatable bonds is 2. The number of aryl methyl sites for hydroxylation is 1. The molecule has 1 atom stereocenters. The van der Waals surface area contributed by atoms with Crippen molar-refractivity contribution in [3.05, 3.63) is 48.1 Å². The van der Waals surface area contributed by atoms with Crippen molar-refractivity contribution in [1.82, 2.24) is 24.8 Å². The molecule has 6 nitrogen and oxygen atoms in total. The Hall–Kier alpha value is -2.37. The Bertz CT molecular complexity index is 660. The minimum absolute atomic E-state index is 0.0688. The van der Waals surface area contributed by atoms with Crippen LogP contribution < -0.4 is 0 Å². The number of carbonyl (C=O) groups is 1. The molecule has 1 amide bonds. The van der Waals surface area contributed by atoms with Gasteiger partial charge in [-0.15, -0.1) is 0 Å². The van der Waals surface area contributed by atoms with Crippen molar-refractivity contribution >= 4 is 5.91 Å². The second-order valence-corrected chi connectivity index (χ2v) is 5.48. The molecular formula is C15H17N5O. The Balaban J connectivity index is 1.97. The van der Waals surface area contributed by atoms with Gasteiger partial charge in [0.1, 0.15) is 11.9 Å². The Kier molecular flexibility index (Phi) is 3.37. The molecule has 0 spiro atoms. The summed E-state index contributed by atoms with van der Waals surface area (Å²) in [5.41, 5.74) is 0.931. The Morgan fingerprint density at radius 2 is 2.10 bits per heavy atom. The third-order valence-electron chi connectivity index (χ3n) is 3.97. The first-order valence-electron chi connectivity index (χ1n) is 6.98. The molecule has 0 radical (unpaired) electrons. The van der Waals surface area contributed by atoms with Gasteiger partial charge in [0, 0.05) is 30.8 Å². The lowest BCUT2D eigenvalue weighted by molar-refractivity contribution is 0.0602. The lowest BCUT2D eigenvalue weighted by Gasteiger charge is -2.33. The Morgan fingerprint density at radius 1 is 1.33 bits per heavy atom. The molecule has 0 saturated carbocycles. The van der Waals surface area contributed by atoms with E-state index in [1.54, 1.807) is 18.6 Å². The molecular weight excluding hydrogens is 266 g/mol. The Labute approximate surface area is 123 Å². The van der Waals surface area contributed by atoms with Gasteiger partial charge in [0.15, 0.2) is 5.82 Å². The summed E-state index contributed by atoms with van der Waals surface area (Å²) in [5, 5.41) is 0. The number of amides is 1. The van der Waals surface area contributed by atoms with Gasteiger partial charge in [0.2, 0.25) is 0 Å². The first-order valence-corrected chi connectivity index (χ1v) is 6.98. The van der Waals surface area contributed by atoms with Crippen LogP contribution in [0.5, 0.6) is 0 Å². The molecule has 1 aliphatic rings. The smallest absolute Gasteiger partial charge is 0.257 e. The van der Waals surface area contributed by atoms with Gasteiger partial charge in [-0.05, 0) is 32.8 Å². The van der Waals surface area contributed by atoms with Crippen LogP contribution in [-0.2, 0) is 5.54 Å². The van der Waals surface area contributed by atoms with E-state index in [0.29, 0.717) is 17.9 Å². The van der Waals surface area contributed by atoms with Crippen molar-refractivity contribution in [3.8, 4) is 0 Å². The van der Waals surface area contributed by atoms with Crippen LogP contribution >= 0.6 is 0 Å². The van der Waals surface area contributed by atoms with E-state index in [-0.39, 0.29) is 5.91 Å². The molecule has 0 aliphatic carbocycles. The van der Waals surface area contributed by atoms with Crippen molar-refractivity contribution in [1.29, 1.82) is 0 Å². The maximum absolute atomic E-state index is 12.7. The first kappa shape index (κ1) is 13.6. The zero-order valence-corrected chi connectivity index (χ0v) is 12.2. The van der Waals surface area contributed by atoms with E-state index in [9.17, 15) is 4.79 Å². The van der Waals surface area contributed by atoms with E-state index in [1.165, 1.54) is 6.33 Å². The summed E-state index contributed by atoms with van der Waals surface area (Å²) >= 11 is 0. The van der Waals surface area contributed by atoms with Crippen LogP contribution in [0, 0.1) is 6.92 Å². The molecule has 3 heterocycles. The maximum Gasteiger partial charge on any atom is 0.257 e. The largest absolute Gasteiger partial charge is 0.326 e. The highest BCUT2D eigenvalue weighted by Gasteiger charge is 2.43. The number of nitrogens with zero attached hydrogens (tertiary/aromatic N) is 5. The number of aromatic nitrogens is 4. The number of hydrogen-bond acceptors (Lipinski definition) is 5. The molecule has 108 valence electrons. The maximum atomic E-state index is 12.7. The van der Waals surface area contributed by atoms with E-state index in [0.717, 1.165) is 18.5 Å². The number of carbonyl (C=O) groups excluding carboxylic acids is 1. The van der Waals surface area contributed by atoms with Gasteiger partial charge in [-0.3, -0.25) is 4.79 Å².